The zero-order valence-corrected chi connectivity index (χ0v) is 12.2. The zero-order valence-electron chi connectivity index (χ0n) is 12.2. The number of likely N-dealkylation sites (tertiary alicyclic amines) is 1. The summed E-state index contributed by atoms with van der Waals surface area (Å²) in [5.74, 6) is 0.167. The lowest BCUT2D eigenvalue weighted by molar-refractivity contribution is 0.0757. The molecule has 0 aromatic heterocycles. The van der Waals surface area contributed by atoms with Gasteiger partial charge in [0.25, 0.3) is 5.91 Å². The Labute approximate surface area is 116 Å². The summed E-state index contributed by atoms with van der Waals surface area (Å²) < 4.78 is 0. The van der Waals surface area contributed by atoms with Gasteiger partial charge in [-0.2, -0.15) is 0 Å². The first kappa shape index (κ1) is 13.9. The molecule has 1 aliphatic rings. The summed E-state index contributed by atoms with van der Waals surface area (Å²) >= 11 is 0. The van der Waals surface area contributed by atoms with Crippen LogP contribution in [0, 0.1) is 5.41 Å². The lowest BCUT2D eigenvalue weighted by Gasteiger charge is -2.23. The van der Waals surface area contributed by atoms with Crippen molar-refractivity contribution in [2.45, 2.75) is 33.1 Å². The van der Waals surface area contributed by atoms with Gasteiger partial charge >= 0.3 is 0 Å². The fourth-order valence-corrected chi connectivity index (χ4v) is 2.59. The van der Waals surface area contributed by atoms with Crippen molar-refractivity contribution in [3.05, 3.63) is 29.8 Å². The van der Waals surface area contributed by atoms with Crippen molar-refractivity contribution < 1.29 is 4.79 Å². The van der Waals surface area contributed by atoms with Crippen LogP contribution < -0.4 is 5.32 Å². The van der Waals surface area contributed by atoms with Crippen LogP contribution in [-0.2, 0) is 0 Å². The molecular weight excluding hydrogens is 236 g/mol. The number of carbonyl (C=O) groups excluding carboxylic acids is 1. The van der Waals surface area contributed by atoms with Gasteiger partial charge in [0.1, 0.15) is 0 Å². The molecule has 3 nitrogen and oxygen atoms in total. The minimum absolute atomic E-state index is 0.167. The highest BCUT2D eigenvalue weighted by Crippen LogP contribution is 2.30. The average molecular weight is 260 g/mol. The van der Waals surface area contributed by atoms with Crippen molar-refractivity contribution in [2.75, 3.05) is 25.5 Å². The van der Waals surface area contributed by atoms with Gasteiger partial charge < -0.3 is 10.2 Å². The standard InChI is InChI=1S/C16H24N2O/c1-16(2)9-4-11-18(12-10-16)15(19)13-5-7-14(17-3)8-6-13/h5-8,17H,4,9-12H2,1-3H3. The molecule has 1 aliphatic heterocycles. The van der Waals surface area contributed by atoms with Crippen LogP contribution in [0.3, 0.4) is 0 Å². The topological polar surface area (TPSA) is 32.3 Å². The molecule has 1 aromatic rings. The van der Waals surface area contributed by atoms with Crippen molar-refractivity contribution in [3.8, 4) is 0 Å². The number of nitrogens with one attached hydrogen (secondary N) is 1. The monoisotopic (exact) mass is 260 g/mol. The SMILES string of the molecule is CNc1ccc(C(=O)N2CCCC(C)(C)CC2)cc1. The van der Waals surface area contributed by atoms with Gasteiger partial charge in [-0.3, -0.25) is 4.79 Å². The molecule has 1 saturated heterocycles. The molecule has 1 fully saturated rings. The maximum Gasteiger partial charge on any atom is 0.253 e. The average Bonchev–Trinajstić information content (AvgIpc) is 2.59. The van der Waals surface area contributed by atoms with Gasteiger partial charge in [-0.1, -0.05) is 13.8 Å². The summed E-state index contributed by atoms with van der Waals surface area (Å²) in [6, 6.07) is 7.72. The van der Waals surface area contributed by atoms with E-state index in [4.69, 9.17) is 0 Å². The van der Waals surface area contributed by atoms with Crippen LogP contribution >= 0.6 is 0 Å². The minimum atomic E-state index is 0.167. The Bertz CT molecular complexity index is 437. The largest absolute Gasteiger partial charge is 0.388 e. The molecule has 0 bridgehead atoms. The van der Waals surface area contributed by atoms with E-state index in [1.807, 2.05) is 36.2 Å². The Balaban J connectivity index is 2.06. The first-order chi connectivity index (χ1) is 9.02. The number of nitrogens with zero attached hydrogens (tertiary/aromatic N) is 1. The van der Waals surface area contributed by atoms with Crippen LogP contribution in [0.25, 0.3) is 0 Å². The van der Waals surface area contributed by atoms with Gasteiger partial charge in [0, 0.05) is 31.4 Å². The molecule has 1 heterocycles. The van der Waals surface area contributed by atoms with E-state index < -0.39 is 0 Å². The molecule has 0 radical (unpaired) electrons. The Hall–Kier alpha value is -1.51. The number of amides is 1. The zero-order chi connectivity index (χ0) is 13.9. The fraction of sp³-hybridized carbons (Fsp3) is 0.562. The molecule has 0 saturated carbocycles. The number of hydrogen-bond donors (Lipinski definition) is 1. The van der Waals surface area contributed by atoms with Crippen molar-refractivity contribution in [1.29, 1.82) is 0 Å². The second-order valence-electron chi connectivity index (χ2n) is 6.14. The molecule has 19 heavy (non-hydrogen) atoms. The summed E-state index contributed by atoms with van der Waals surface area (Å²) in [4.78, 5) is 14.5. The number of rotatable bonds is 2. The Morgan fingerprint density at radius 1 is 1.16 bits per heavy atom. The van der Waals surface area contributed by atoms with E-state index in [1.54, 1.807) is 0 Å². The smallest absolute Gasteiger partial charge is 0.253 e. The van der Waals surface area contributed by atoms with Crippen LogP contribution in [0.4, 0.5) is 5.69 Å². The Morgan fingerprint density at radius 2 is 1.84 bits per heavy atom. The molecule has 1 N–H and O–H groups in total. The molecule has 3 heteroatoms. The molecule has 0 aliphatic carbocycles. The quantitative estimate of drug-likeness (QED) is 0.884. The van der Waals surface area contributed by atoms with E-state index in [2.05, 4.69) is 19.2 Å². The Kier molecular flexibility index (Phi) is 4.13. The van der Waals surface area contributed by atoms with Gasteiger partial charge in [0.05, 0.1) is 0 Å². The number of anilines is 1. The number of carbonyl (C=O) groups is 1. The normalized spacial score (nSPS) is 18.8. The molecule has 0 unspecified atom stereocenters. The summed E-state index contributed by atoms with van der Waals surface area (Å²) in [5.41, 5.74) is 2.19. The summed E-state index contributed by atoms with van der Waals surface area (Å²) in [6.45, 7) is 6.35. The number of hydrogen-bond acceptors (Lipinski definition) is 2. The lowest BCUT2D eigenvalue weighted by atomic mass is 9.85. The van der Waals surface area contributed by atoms with Crippen molar-refractivity contribution in [2.24, 2.45) is 5.41 Å². The van der Waals surface area contributed by atoms with E-state index in [9.17, 15) is 4.79 Å². The van der Waals surface area contributed by atoms with E-state index in [-0.39, 0.29) is 5.91 Å². The van der Waals surface area contributed by atoms with E-state index >= 15 is 0 Å². The highest BCUT2D eigenvalue weighted by molar-refractivity contribution is 5.94. The molecule has 0 spiro atoms. The minimum Gasteiger partial charge on any atom is -0.388 e. The second-order valence-corrected chi connectivity index (χ2v) is 6.14. The van der Waals surface area contributed by atoms with Crippen molar-refractivity contribution in [1.82, 2.24) is 4.90 Å². The molecule has 104 valence electrons. The summed E-state index contributed by atoms with van der Waals surface area (Å²) in [5, 5.41) is 3.07. The van der Waals surface area contributed by atoms with E-state index in [0.29, 0.717) is 5.41 Å². The maximum absolute atomic E-state index is 12.5. The fourth-order valence-electron chi connectivity index (χ4n) is 2.59. The first-order valence-corrected chi connectivity index (χ1v) is 7.09. The molecular formula is C16H24N2O. The maximum atomic E-state index is 12.5. The number of benzene rings is 1. The van der Waals surface area contributed by atoms with Gasteiger partial charge in [0.15, 0.2) is 0 Å². The third-order valence-electron chi connectivity index (χ3n) is 4.05. The highest BCUT2D eigenvalue weighted by Gasteiger charge is 2.25. The third kappa shape index (κ3) is 3.49. The Morgan fingerprint density at radius 3 is 2.47 bits per heavy atom. The van der Waals surface area contributed by atoms with Crippen molar-refractivity contribution >= 4 is 11.6 Å². The van der Waals surface area contributed by atoms with E-state index in [1.165, 1.54) is 6.42 Å². The van der Waals surface area contributed by atoms with Gasteiger partial charge in [-0.05, 0) is 48.9 Å². The third-order valence-corrected chi connectivity index (χ3v) is 4.05. The van der Waals surface area contributed by atoms with Crippen LogP contribution in [-0.4, -0.2) is 30.9 Å². The predicted molar refractivity (Wildman–Crippen MR) is 79.5 cm³/mol. The van der Waals surface area contributed by atoms with Gasteiger partial charge in [0.2, 0.25) is 0 Å². The first-order valence-electron chi connectivity index (χ1n) is 7.09. The molecule has 1 aromatic carbocycles. The van der Waals surface area contributed by atoms with Gasteiger partial charge in [-0.25, -0.2) is 0 Å². The lowest BCUT2D eigenvalue weighted by Crippen LogP contribution is -2.32. The predicted octanol–water partition coefficient (Wildman–Crippen LogP) is 3.38. The van der Waals surface area contributed by atoms with Crippen LogP contribution in [0.5, 0.6) is 0 Å². The molecule has 1 amide bonds. The molecule has 0 atom stereocenters. The van der Waals surface area contributed by atoms with Crippen molar-refractivity contribution in [3.63, 3.8) is 0 Å². The van der Waals surface area contributed by atoms with Crippen LogP contribution in [0.1, 0.15) is 43.5 Å². The summed E-state index contributed by atoms with van der Waals surface area (Å²) in [6.07, 6.45) is 3.40. The second kappa shape index (κ2) is 5.64. The van der Waals surface area contributed by atoms with Crippen LogP contribution in [0.2, 0.25) is 0 Å². The summed E-state index contributed by atoms with van der Waals surface area (Å²) in [7, 11) is 1.88. The van der Waals surface area contributed by atoms with E-state index in [0.717, 1.165) is 37.2 Å². The van der Waals surface area contributed by atoms with Crippen LogP contribution in [0.15, 0.2) is 24.3 Å². The van der Waals surface area contributed by atoms with Gasteiger partial charge in [-0.15, -0.1) is 0 Å². The highest BCUT2D eigenvalue weighted by atomic mass is 16.2. The molecule has 2 rings (SSSR count).